The summed E-state index contributed by atoms with van der Waals surface area (Å²) in [6.07, 6.45) is 0.533. The lowest BCUT2D eigenvalue weighted by Gasteiger charge is -2.27. The van der Waals surface area contributed by atoms with E-state index in [9.17, 15) is 9.36 Å². The molecule has 0 saturated heterocycles. The summed E-state index contributed by atoms with van der Waals surface area (Å²) in [7, 11) is -2.04. The van der Waals surface area contributed by atoms with Gasteiger partial charge < -0.3 is 25.6 Å². The third-order valence-electron chi connectivity index (χ3n) is 3.86. The van der Waals surface area contributed by atoms with Crippen molar-refractivity contribution in [3.05, 3.63) is 29.8 Å². The zero-order chi connectivity index (χ0) is 20.3. The summed E-state index contributed by atoms with van der Waals surface area (Å²) in [5, 5.41) is 3.11. The van der Waals surface area contributed by atoms with E-state index >= 15 is 0 Å². The van der Waals surface area contributed by atoms with E-state index in [0.717, 1.165) is 12.0 Å². The van der Waals surface area contributed by atoms with Crippen molar-refractivity contribution >= 4 is 13.5 Å². The summed E-state index contributed by atoms with van der Waals surface area (Å²) < 4.78 is 16.2. The van der Waals surface area contributed by atoms with E-state index in [1.807, 2.05) is 19.2 Å². The average molecular weight is 397 g/mol. The summed E-state index contributed by atoms with van der Waals surface area (Å²) in [6, 6.07) is 7.49. The third-order valence-corrected chi connectivity index (χ3v) is 4.67. The molecule has 0 aliphatic heterocycles. The maximum atomic E-state index is 11.0. The highest BCUT2D eigenvalue weighted by molar-refractivity contribution is 7.51. The molecular formula is C18H28N3O5P. The van der Waals surface area contributed by atoms with Gasteiger partial charge in [-0.15, -0.1) is 5.92 Å². The van der Waals surface area contributed by atoms with Crippen LogP contribution in [0.4, 0.5) is 0 Å². The van der Waals surface area contributed by atoms with Crippen LogP contribution in [0.5, 0.6) is 5.75 Å². The fraction of sp³-hybridized carbons (Fsp3) is 0.500. The zero-order valence-electron chi connectivity index (χ0n) is 15.7. The minimum atomic E-state index is -4.00. The van der Waals surface area contributed by atoms with Crippen LogP contribution in [0.2, 0.25) is 0 Å². The standard InChI is InChI=1S/C18H28N3O5P/c1-3-4-10-21(2)16(13-20-9-11-27(23,24)25)12-15-5-7-17(8-6-15)26-14-18(19)22/h5-8,16,20H,9-14H2,1-2H3,(H2,19,22)(H2,23,24,25)/t16-/m0/s1. The molecule has 0 spiro atoms. The van der Waals surface area contributed by atoms with Crippen molar-refractivity contribution in [1.29, 1.82) is 0 Å². The number of nitrogens with two attached hydrogens (primary N) is 1. The van der Waals surface area contributed by atoms with Gasteiger partial charge in [-0.05, 0) is 38.1 Å². The van der Waals surface area contributed by atoms with Gasteiger partial charge in [-0.1, -0.05) is 18.1 Å². The SMILES string of the molecule is CC#CCN(C)[C@H](CNCCP(=O)(O)O)Cc1ccc(OCC(N)=O)cc1. The smallest absolute Gasteiger partial charge is 0.326 e. The van der Waals surface area contributed by atoms with E-state index < -0.39 is 13.5 Å². The maximum Gasteiger partial charge on any atom is 0.326 e. The lowest BCUT2D eigenvalue weighted by molar-refractivity contribution is -0.119. The van der Waals surface area contributed by atoms with E-state index in [-0.39, 0.29) is 25.4 Å². The quantitative estimate of drug-likeness (QED) is 0.225. The topological polar surface area (TPSA) is 125 Å². The van der Waals surface area contributed by atoms with Gasteiger partial charge in [0.2, 0.25) is 0 Å². The van der Waals surface area contributed by atoms with E-state index in [1.54, 1.807) is 19.1 Å². The second-order valence-electron chi connectivity index (χ2n) is 6.19. The molecule has 8 nitrogen and oxygen atoms in total. The Morgan fingerprint density at radius 2 is 2.04 bits per heavy atom. The molecule has 1 amide bonds. The summed E-state index contributed by atoms with van der Waals surface area (Å²) in [4.78, 5) is 30.8. The minimum Gasteiger partial charge on any atom is -0.484 e. The number of hydrogen-bond acceptors (Lipinski definition) is 5. The molecule has 0 aromatic heterocycles. The predicted octanol–water partition coefficient (Wildman–Crippen LogP) is 0.184. The molecular weight excluding hydrogens is 369 g/mol. The molecule has 1 aromatic rings. The maximum absolute atomic E-state index is 11.0. The number of amides is 1. The second-order valence-corrected chi connectivity index (χ2v) is 7.97. The zero-order valence-corrected chi connectivity index (χ0v) is 16.6. The second kappa shape index (κ2) is 11.8. The predicted molar refractivity (Wildman–Crippen MR) is 104 cm³/mol. The molecule has 0 fully saturated rings. The van der Waals surface area contributed by atoms with Crippen LogP contribution >= 0.6 is 7.60 Å². The lowest BCUT2D eigenvalue weighted by atomic mass is 10.0. The Morgan fingerprint density at radius 3 is 2.59 bits per heavy atom. The fourth-order valence-electron chi connectivity index (χ4n) is 2.36. The van der Waals surface area contributed by atoms with Gasteiger partial charge >= 0.3 is 7.60 Å². The van der Waals surface area contributed by atoms with Crippen molar-refractivity contribution in [1.82, 2.24) is 10.2 Å². The van der Waals surface area contributed by atoms with Crippen LogP contribution in [0, 0.1) is 11.8 Å². The van der Waals surface area contributed by atoms with Gasteiger partial charge in [0.1, 0.15) is 5.75 Å². The number of benzene rings is 1. The van der Waals surface area contributed by atoms with Gasteiger partial charge in [0.25, 0.3) is 5.91 Å². The van der Waals surface area contributed by atoms with Crippen LogP contribution in [-0.2, 0) is 15.8 Å². The first-order chi connectivity index (χ1) is 12.7. The molecule has 9 heteroatoms. The number of ether oxygens (including phenoxy) is 1. The Bertz CT molecular complexity index is 693. The van der Waals surface area contributed by atoms with Crippen molar-refractivity contribution in [3.63, 3.8) is 0 Å². The molecule has 1 atom stereocenters. The first-order valence-electron chi connectivity index (χ1n) is 8.56. The number of nitrogens with one attached hydrogen (secondary N) is 1. The number of carbonyl (C=O) groups is 1. The van der Waals surface area contributed by atoms with Crippen LogP contribution in [0.3, 0.4) is 0 Å². The fourth-order valence-corrected chi connectivity index (χ4v) is 2.81. The largest absolute Gasteiger partial charge is 0.484 e. The summed E-state index contributed by atoms with van der Waals surface area (Å²) in [5.74, 6) is 5.93. The van der Waals surface area contributed by atoms with E-state index in [0.29, 0.717) is 18.8 Å². The number of nitrogens with zero attached hydrogens (tertiary/aromatic N) is 1. The monoisotopic (exact) mass is 397 g/mol. The highest BCUT2D eigenvalue weighted by Gasteiger charge is 2.16. The minimum absolute atomic E-state index is 0.0972. The van der Waals surface area contributed by atoms with Gasteiger partial charge in [-0.3, -0.25) is 14.3 Å². The van der Waals surface area contributed by atoms with Crippen molar-refractivity contribution < 1.29 is 23.9 Å². The van der Waals surface area contributed by atoms with Gasteiger partial charge in [0, 0.05) is 19.1 Å². The van der Waals surface area contributed by atoms with Crippen LogP contribution in [0.15, 0.2) is 24.3 Å². The van der Waals surface area contributed by atoms with Crippen molar-refractivity contribution in [2.45, 2.75) is 19.4 Å². The van der Waals surface area contributed by atoms with E-state index in [2.05, 4.69) is 22.1 Å². The number of rotatable bonds is 12. The average Bonchev–Trinajstić information content (AvgIpc) is 2.60. The molecule has 27 heavy (non-hydrogen) atoms. The first-order valence-corrected chi connectivity index (χ1v) is 10.4. The Kier molecular flexibility index (Phi) is 10.1. The number of carbonyl (C=O) groups excluding carboxylic acids is 1. The highest BCUT2D eigenvalue weighted by atomic mass is 31.2. The molecule has 5 N–H and O–H groups in total. The molecule has 0 heterocycles. The number of primary amides is 1. The Balaban J connectivity index is 2.66. The summed E-state index contributed by atoms with van der Waals surface area (Å²) in [6.45, 7) is 3.03. The van der Waals surface area contributed by atoms with Gasteiger partial charge in [-0.25, -0.2) is 0 Å². The number of likely N-dealkylation sites (N-methyl/N-ethyl adjacent to an activating group) is 1. The first kappa shape index (κ1) is 23.2. The van der Waals surface area contributed by atoms with Crippen molar-refractivity contribution in [3.8, 4) is 17.6 Å². The summed E-state index contributed by atoms with van der Waals surface area (Å²) >= 11 is 0. The molecule has 150 valence electrons. The van der Waals surface area contributed by atoms with Crippen molar-refractivity contribution in [2.75, 3.05) is 39.5 Å². The molecule has 0 radical (unpaired) electrons. The normalized spacial score (nSPS) is 12.3. The molecule has 0 bridgehead atoms. The molecule has 0 unspecified atom stereocenters. The van der Waals surface area contributed by atoms with Crippen LogP contribution < -0.4 is 15.8 Å². The van der Waals surface area contributed by atoms with Crippen molar-refractivity contribution in [2.24, 2.45) is 5.73 Å². The summed E-state index contributed by atoms with van der Waals surface area (Å²) in [5.41, 5.74) is 6.13. The number of hydrogen-bond donors (Lipinski definition) is 4. The Morgan fingerprint density at radius 1 is 1.37 bits per heavy atom. The van der Waals surface area contributed by atoms with Crippen LogP contribution in [0.1, 0.15) is 12.5 Å². The molecule has 1 aromatic carbocycles. The van der Waals surface area contributed by atoms with Gasteiger partial charge in [0.15, 0.2) is 6.61 Å². The Hall–Kier alpha value is -1.88. The van der Waals surface area contributed by atoms with E-state index in [4.69, 9.17) is 20.3 Å². The molecule has 0 aliphatic rings. The third kappa shape index (κ3) is 10.8. The van der Waals surface area contributed by atoms with E-state index in [1.165, 1.54) is 0 Å². The highest BCUT2D eigenvalue weighted by Crippen LogP contribution is 2.32. The Labute approximate surface area is 160 Å². The molecule has 1 rings (SSSR count). The molecule has 0 saturated carbocycles. The van der Waals surface area contributed by atoms with Gasteiger partial charge in [0.05, 0.1) is 12.7 Å². The van der Waals surface area contributed by atoms with Gasteiger partial charge in [-0.2, -0.15) is 0 Å². The van der Waals surface area contributed by atoms with Crippen LogP contribution in [-0.4, -0.2) is 66.1 Å². The lowest BCUT2D eigenvalue weighted by Crippen LogP contribution is -2.42. The van der Waals surface area contributed by atoms with Crippen LogP contribution in [0.25, 0.3) is 0 Å². The molecule has 0 aliphatic carbocycles.